The molecule has 7 nitrogen and oxygen atoms in total. The molecular weight excluding hydrogens is 426 g/mol. The number of nitrogens with zero attached hydrogens (tertiary/aromatic N) is 2. The van der Waals surface area contributed by atoms with Gasteiger partial charge in [-0.15, -0.1) is 0 Å². The minimum atomic E-state index is -3.55. The van der Waals surface area contributed by atoms with Crippen molar-refractivity contribution in [3.63, 3.8) is 0 Å². The Morgan fingerprint density at radius 3 is 2.50 bits per heavy atom. The van der Waals surface area contributed by atoms with Gasteiger partial charge in [-0.05, 0) is 75.1 Å². The second kappa shape index (κ2) is 8.88. The molecule has 1 aromatic heterocycles. The van der Waals surface area contributed by atoms with Gasteiger partial charge in [0.25, 0.3) is 5.91 Å². The van der Waals surface area contributed by atoms with E-state index in [-0.39, 0.29) is 16.6 Å². The van der Waals surface area contributed by atoms with Crippen molar-refractivity contribution < 1.29 is 17.7 Å². The minimum absolute atomic E-state index is 0.00759. The zero-order chi connectivity index (χ0) is 22.9. The number of piperidine rings is 1. The molecule has 0 unspecified atom stereocenters. The Balaban J connectivity index is 1.46. The molecule has 4 rings (SSSR count). The maximum Gasteiger partial charge on any atom is 0.277 e. The summed E-state index contributed by atoms with van der Waals surface area (Å²) in [5.41, 5.74) is 3.78. The molecule has 0 saturated carbocycles. The summed E-state index contributed by atoms with van der Waals surface area (Å²) in [6, 6.07) is 13.7. The van der Waals surface area contributed by atoms with Gasteiger partial charge in [-0.2, -0.15) is 4.31 Å². The predicted octanol–water partition coefficient (Wildman–Crippen LogP) is 4.77. The van der Waals surface area contributed by atoms with E-state index in [4.69, 9.17) is 4.52 Å². The lowest BCUT2D eigenvalue weighted by Gasteiger charge is -2.32. The van der Waals surface area contributed by atoms with Gasteiger partial charge in [-0.25, -0.2) is 8.42 Å². The third-order valence-corrected chi connectivity index (χ3v) is 8.02. The van der Waals surface area contributed by atoms with Crippen molar-refractivity contribution >= 4 is 21.6 Å². The normalized spacial score (nSPS) is 17.3. The van der Waals surface area contributed by atoms with Crippen LogP contribution in [0.2, 0.25) is 0 Å². The first-order valence-electron chi connectivity index (χ1n) is 10.7. The van der Waals surface area contributed by atoms with Crippen LogP contribution in [0.1, 0.15) is 47.8 Å². The fourth-order valence-electron chi connectivity index (χ4n) is 3.88. The molecule has 1 amide bonds. The van der Waals surface area contributed by atoms with Gasteiger partial charge in [0.1, 0.15) is 0 Å². The Morgan fingerprint density at radius 1 is 1.06 bits per heavy atom. The highest BCUT2D eigenvalue weighted by Gasteiger charge is 2.30. The Morgan fingerprint density at radius 2 is 1.81 bits per heavy atom. The lowest BCUT2D eigenvalue weighted by atomic mass is 10.0. The molecule has 1 aliphatic heterocycles. The SMILES string of the molecule is Cc1ccc(-c2cc(C(=O)Nc3ccc(S(=O)(=O)N4CCCC[C@@H]4C)cc3)no2)cc1C. The first-order chi connectivity index (χ1) is 15.3. The fourth-order valence-corrected chi connectivity index (χ4v) is 5.58. The molecule has 0 spiro atoms. The van der Waals surface area contributed by atoms with Crippen molar-refractivity contribution in [1.29, 1.82) is 0 Å². The number of aryl methyl sites for hydroxylation is 2. The van der Waals surface area contributed by atoms with Crippen LogP contribution in [0.3, 0.4) is 0 Å². The molecule has 168 valence electrons. The first-order valence-corrected chi connectivity index (χ1v) is 12.2. The highest BCUT2D eigenvalue weighted by atomic mass is 32.2. The third-order valence-electron chi connectivity index (χ3n) is 6.00. The van der Waals surface area contributed by atoms with E-state index in [1.165, 1.54) is 17.7 Å². The van der Waals surface area contributed by atoms with Crippen LogP contribution >= 0.6 is 0 Å². The van der Waals surface area contributed by atoms with Gasteiger partial charge in [0.15, 0.2) is 11.5 Å². The molecule has 0 radical (unpaired) electrons. The minimum Gasteiger partial charge on any atom is -0.355 e. The molecule has 3 aromatic rings. The molecule has 32 heavy (non-hydrogen) atoms. The first kappa shape index (κ1) is 22.2. The van der Waals surface area contributed by atoms with Crippen LogP contribution in [-0.2, 0) is 10.0 Å². The maximum absolute atomic E-state index is 13.0. The zero-order valence-corrected chi connectivity index (χ0v) is 19.3. The molecule has 1 atom stereocenters. The number of amides is 1. The summed E-state index contributed by atoms with van der Waals surface area (Å²) in [5, 5.41) is 6.62. The quantitative estimate of drug-likeness (QED) is 0.600. The molecule has 2 heterocycles. The topological polar surface area (TPSA) is 92.5 Å². The monoisotopic (exact) mass is 453 g/mol. The summed E-state index contributed by atoms with van der Waals surface area (Å²) in [4.78, 5) is 12.8. The van der Waals surface area contributed by atoms with Gasteiger partial charge in [-0.3, -0.25) is 4.79 Å². The Labute approximate surface area is 188 Å². The molecule has 1 N–H and O–H groups in total. The van der Waals surface area contributed by atoms with Gasteiger partial charge < -0.3 is 9.84 Å². The van der Waals surface area contributed by atoms with E-state index < -0.39 is 15.9 Å². The molecule has 0 aliphatic carbocycles. The Bertz CT molecular complexity index is 1230. The molecular formula is C24H27N3O4S. The van der Waals surface area contributed by atoms with E-state index in [1.54, 1.807) is 22.5 Å². The molecule has 0 bridgehead atoms. The van der Waals surface area contributed by atoms with Crippen LogP contribution in [0.25, 0.3) is 11.3 Å². The van der Waals surface area contributed by atoms with Crippen LogP contribution in [0, 0.1) is 13.8 Å². The number of carbonyl (C=O) groups excluding carboxylic acids is 1. The number of carbonyl (C=O) groups is 1. The van der Waals surface area contributed by atoms with E-state index in [9.17, 15) is 13.2 Å². The van der Waals surface area contributed by atoms with Crippen LogP contribution in [0.5, 0.6) is 0 Å². The van der Waals surface area contributed by atoms with Gasteiger partial charge in [0, 0.05) is 29.9 Å². The fraction of sp³-hybridized carbons (Fsp3) is 0.333. The lowest BCUT2D eigenvalue weighted by molar-refractivity contribution is 0.101. The van der Waals surface area contributed by atoms with Gasteiger partial charge in [0.2, 0.25) is 10.0 Å². The summed E-state index contributed by atoms with van der Waals surface area (Å²) >= 11 is 0. The van der Waals surface area contributed by atoms with Crippen LogP contribution in [-0.4, -0.2) is 36.4 Å². The molecule has 8 heteroatoms. The van der Waals surface area contributed by atoms with Crippen molar-refractivity contribution in [3.05, 3.63) is 65.4 Å². The highest BCUT2D eigenvalue weighted by Crippen LogP contribution is 2.26. The molecule has 1 fully saturated rings. The summed E-state index contributed by atoms with van der Waals surface area (Å²) in [5.74, 6) is 0.0828. The number of rotatable bonds is 5. The third kappa shape index (κ3) is 4.47. The lowest BCUT2D eigenvalue weighted by Crippen LogP contribution is -2.41. The van der Waals surface area contributed by atoms with Crippen LogP contribution in [0.15, 0.2) is 57.9 Å². The second-order valence-corrected chi connectivity index (χ2v) is 10.2. The summed E-state index contributed by atoms with van der Waals surface area (Å²) in [7, 11) is -3.55. The Hall–Kier alpha value is -2.97. The van der Waals surface area contributed by atoms with Gasteiger partial charge in [0.05, 0.1) is 4.90 Å². The number of hydrogen-bond acceptors (Lipinski definition) is 5. The highest BCUT2D eigenvalue weighted by molar-refractivity contribution is 7.89. The average Bonchev–Trinajstić information content (AvgIpc) is 3.27. The summed E-state index contributed by atoms with van der Waals surface area (Å²) in [6.07, 6.45) is 2.79. The average molecular weight is 454 g/mol. The number of anilines is 1. The summed E-state index contributed by atoms with van der Waals surface area (Å²) < 4.78 is 32.8. The van der Waals surface area contributed by atoms with Crippen molar-refractivity contribution in [2.24, 2.45) is 0 Å². The van der Waals surface area contributed by atoms with E-state index in [2.05, 4.69) is 10.5 Å². The molecule has 2 aromatic carbocycles. The Kier molecular flexibility index (Phi) is 6.17. The molecule has 1 saturated heterocycles. The van der Waals surface area contributed by atoms with E-state index >= 15 is 0 Å². The largest absolute Gasteiger partial charge is 0.355 e. The number of nitrogens with one attached hydrogen (secondary N) is 1. The van der Waals surface area contributed by atoms with Crippen LogP contribution in [0.4, 0.5) is 5.69 Å². The summed E-state index contributed by atoms with van der Waals surface area (Å²) in [6.45, 7) is 6.52. The van der Waals surface area contributed by atoms with E-state index in [0.717, 1.165) is 30.4 Å². The second-order valence-electron chi connectivity index (χ2n) is 8.31. The van der Waals surface area contributed by atoms with Gasteiger partial charge >= 0.3 is 0 Å². The van der Waals surface area contributed by atoms with Crippen molar-refractivity contribution in [2.45, 2.75) is 51.0 Å². The maximum atomic E-state index is 13.0. The molecule has 1 aliphatic rings. The number of aromatic nitrogens is 1. The van der Waals surface area contributed by atoms with E-state index in [1.807, 2.05) is 39.0 Å². The standard InChI is InChI=1S/C24H27N3O4S/c1-16-7-8-19(14-17(16)2)23-15-22(26-31-23)24(28)25-20-9-11-21(12-10-20)32(29,30)27-13-5-4-6-18(27)3/h7-12,14-15,18H,4-6,13H2,1-3H3,(H,25,28)/t18-/m0/s1. The van der Waals surface area contributed by atoms with Crippen molar-refractivity contribution in [3.8, 4) is 11.3 Å². The van der Waals surface area contributed by atoms with Crippen molar-refractivity contribution in [2.75, 3.05) is 11.9 Å². The predicted molar refractivity (Wildman–Crippen MR) is 123 cm³/mol. The number of benzene rings is 2. The smallest absolute Gasteiger partial charge is 0.277 e. The van der Waals surface area contributed by atoms with Crippen molar-refractivity contribution in [1.82, 2.24) is 9.46 Å². The number of hydrogen-bond donors (Lipinski definition) is 1. The number of sulfonamides is 1. The van der Waals surface area contributed by atoms with Gasteiger partial charge in [-0.1, -0.05) is 23.7 Å². The van der Waals surface area contributed by atoms with Crippen LogP contribution < -0.4 is 5.32 Å². The van der Waals surface area contributed by atoms with E-state index in [0.29, 0.717) is 18.0 Å². The zero-order valence-electron chi connectivity index (χ0n) is 18.5.